The lowest BCUT2D eigenvalue weighted by Gasteiger charge is -2.45. The minimum absolute atomic E-state index is 0.0295. The zero-order chi connectivity index (χ0) is 17.7. The van der Waals surface area contributed by atoms with Crippen LogP contribution in [0.3, 0.4) is 0 Å². The lowest BCUT2D eigenvalue weighted by atomic mass is 10.00. The fourth-order valence-electron chi connectivity index (χ4n) is 2.95. The summed E-state index contributed by atoms with van der Waals surface area (Å²) in [5.41, 5.74) is 0.0295. The molecule has 0 radical (unpaired) electrons. The van der Waals surface area contributed by atoms with Gasteiger partial charge in [0.05, 0.1) is 18.8 Å². The summed E-state index contributed by atoms with van der Waals surface area (Å²) in [7, 11) is 1.80. The van der Waals surface area contributed by atoms with Crippen molar-refractivity contribution in [3.05, 3.63) is 16.1 Å². The first kappa shape index (κ1) is 19.1. The Labute approximate surface area is 149 Å². The van der Waals surface area contributed by atoms with E-state index in [0.717, 1.165) is 30.6 Å². The predicted octanol–water partition coefficient (Wildman–Crippen LogP) is 2.00. The van der Waals surface area contributed by atoms with Gasteiger partial charge in [0.1, 0.15) is 5.01 Å². The number of nitrogens with one attached hydrogen (secondary N) is 2. The van der Waals surface area contributed by atoms with Crippen LogP contribution < -0.4 is 10.6 Å². The Morgan fingerprint density at radius 2 is 2.04 bits per heavy atom. The molecule has 0 spiro atoms. The number of aliphatic imine (C=N–C) groups is 1. The number of guanidine groups is 1. The Morgan fingerprint density at radius 3 is 2.58 bits per heavy atom. The summed E-state index contributed by atoms with van der Waals surface area (Å²) in [5, 5.41) is 7.86. The Morgan fingerprint density at radius 1 is 1.38 bits per heavy atom. The van der Waals surface area contributed by atoms with Crippen molar-refractivity contribution in [2.45, 2.75) is 58.9 Å². The van der Waals surface area contributed by atoms with Gasteiger partial charge in [0.2, 0.25) is 0 Å². The molecule has 1 aromatic heterocycles. The van der Waals surface area contributed by atoms with E-state index in [4.69, 9.17) is 4.74 Å². The van der Waals surface area contributed by atoms with Crippen molar-refractivity contribution in [2.75, 3.05) is 26.7 Å². The number of nitrogens with zero attached hydrogens (tertiary/aromatic N) is 3. The summed E-state index contributed by atoms with van der Waals surface area (Å²) < 4.78 is 5.84. The van der Waals surface area contributed by atoms with Crippen LogP contribution in [0, 0.1) is 6.92 Å². The van der Waals surface area contributed by atoms with Gasteiger partial charge < -0.3 is 15.4 Å². The van der Waals surface area contributed by atoms with Crippen molar-refractivity contribution < 1.29 is 4.74 Å². The minimum atomic E-state index is 0.0295. The van der Waals surface area contributed by atoms with Crippen molar-refractivity contribution in [1.82, 2.24) is 20.5 Å². The molecule has 0 aromatic carbocycles. The van der Waals surface area contributed by atoms with Gasteiger partial charge in [-0.1, -0.05) is 0 Å². The van der Waals surface area contributed by atoms with Crippen LogP contribution in [0.4, 0.5) is 0 Å². The highest BCUT2D eigenvalue weighted by molar-refractivity contribution is 7.11. The normalized spacial score (nSPS) is 23.3. The standard InChI is InChI=1S/C17H31N5OS/c1-12-9-22(10-13(2)23-12)17(4,5)11-21-16(18-6)20-8-15-19-7-14(3)24-15/h7,12-13H,8-11H2,1-6H3,(H2,18,20,21). The quantitative estimate of drug-likeness (QED) is 0.626. The van der Waals surface area contributed by atoms with Gasteiger partial charge in [0.15, 0.2) is 5.96 Å². The van der Waals surface area contributed by atoms with Crippen LogP contribution in [0.2, 0.25) is 0 Å². The van der Waals surface area contributed by atoms with Gasteiger partial charge in [-0.05, 0) is 34.6 Å². The van der Waals surface area contributed by atoms with Gasteiger partial charge in [-0.2, -0.15) is 0 Å². The van der Waals surface area contributed by atoms with Gasteiger partial charge in [-0.25, -0.2) is 4.98 Å². The van der Waals surface area contributed by atoms with Gasteiger partial charge in [0, 0.05) is 43.3 Å². The molecular weight excluding hydrogens is 322 g/mol. The lowest BCUT2D eigenvalue weighted by Crippen LogP contribution is -2.59. The zero-order valence-corrected chi connectivity index (χ0v) is 16.5. The minimum Gasteiger partial charge on any atom is -0.373 e. The number of morpholine rings is 1. The Kier molecular flexibility index (Phi) is 6.60. The number of ether oxygens (including phenoxy) is 1. The molecule has 1 aliphatic heterocycles. The molecule has 1 saturated heterocycles. The number of rotatable bonds is 5. The Balaban J connectivity index is 1.84. The van der Waals surface area contributed by atoms with Crippen molar-refractivity contribution in [3.8, 4) is 0 Å². The molecule has 0 aliphatic carbocycles. The fourth-order valence-corrected chi connectivity index (χ4v) is 3.67. The van der Waals surface area contributed by atoms with Crippen molar-refractivity contribution in [1.29, 1.82) is 0 Å². The molecule has 136 valence electrons. The van der Waals surface area contributed by atoms with E-state index in [0.29, 0.717) is 6.54 Å². The molecule has 24 heavy (non-hydrogen) atoms. The second-order valence-corrected chi connectivity index (χ2v) is 8.44. The SMILES string of the molecule is CN=C(NCc1ncc(C)s1)NCC(C)(C)N1CC(C)OC(C)C1. The third-order valence-corrected chi connectivity index (χ3v) is 5.18. The maximum atomic E-state index is 5.84. The molecule has 1 aliphatic rings. The number of hydrogen-bond donors (Lipinski definition) is 2. The third-order valence-electron chi connectivity index (χ3n) is 4.26. The van der Waals surface area contributed by atoms with Gasteiger partial charge in [0.25, 0.3) is 0 Å². The smallest absolute Gasteiger partial charge is 0.191 e. The largest absolute Gasteiger partial charge is 0.373 e. The highest BCUT2D eigenvalue weighted by Crippen LogP contribution is 2.20. The molecule has 2 heterocycles. The highest BCUT2D eigenvalue weighted by Gasteiger charge is 2.33. The molecule has 2 unspecified atom stereocenters. The van der Waals surface area contributed by atoms with Crippen molar-refractivity contribution in [2.24, 2.45) is 4.99 Å². The third kappa shape index (κ3) is 5.43. The summed E-state index contributed by atoms with van der Waals surface area (Å²) in [4.78, 5) is 12.4. The van der Waals surface area contributed by atoms with Crippen molar-refractivity contribution >= 4 is 17.3 Å². The van der Waals surface area contributed by atoms with E-state index in [1.54, 1.807) is 18.4 Å². The molecule has 0 bridgehead atoms. The van der Waals surface area contributed by atoms with E-state index in [9.17, 15) is 0 Å². The number of aromatic nitrogens is 1. The zero-order valence-electron chi connectivity index (χ0n) is 15.7. The lowest BCUT2D eigenvalue weighted by molar-refractivity contribution is -0.0946. The Hall–Kier alpha value is -1.18. The van der Waals surface area contributed by atoms with Crippen LogP contribution in [0.5, 0.6) is 0 Å². The van der Waals surface area contributed by atoms with E-state index < -0.39 is 0 Å². The summed E-state index contributed by atoms with van der Waals surface area (Å²) in [5.74, 6) is 0.810. The summed E-state index contributed by atoms with van der Waals surface area (Å²) in [6.07, 6.45) is 2.46. The first-order valence-electron chi connectivity index (χ1n) is 8.56. The molecule has 1 fully saturated rings. The topological polar surface area (TPSA) is 61.8 Å². The molecule has 6 nitrogen and oxygen atoms in total. The second kappa shape index (κ2) is 8.27. The monoisotopic (exact) mass is 353 g/mol. The molecular formula is C17H31N5OS. The molecule has 1 aromatic rings. The van der Waals surface area contributed by atoms with Gasteiger partial charge >= 0.3 is 0 Å². The van der Waals surface area contributed by atoms with Crippen LogP contribution in [0.1, 0.15) is 37.6 Å². The average molecular weight is 354 g/mol. The van der Waals surface area contributed by atoms with E-state index in [1.165, 1.54) is 4.88 Å². The van der Waals surface area contributed by atoms with E-state index >= 15 is 0 Å². The molecule has 7 heteroatoms. The van der Waals surface area contributed by atoms with Crippen molar-refractivity contribution in [3.63, 3.8) is 0 Å². The van der Waals surface area contributed by atoms with Crippen LogP contribution in [-0.2, 0) is 11.3 Å². The van der Waals surface area contributed by atoms with E-state index in [2.05, 4.69) is 60.1 Å². The highest BCUT2D eigenvalue weighted by atomic mass is 32.1. The molecule has 0 saturated carbocycles. The van der Waals surface area contributed by atoms with E-state index in [1.807, 2.05) is 6.20 Å². The van der Waals surface area contributed by atoms with Gasteiger partial charge in [-0.3, -0.25) is 9.89 Å². The van der Waals surface area contributed by atoms with E-state index in [-0.39, 0.29) is 17.7 Å². The number of hydrogen-bond acceptors (Lipinski definition) is 5. The molecule has 0 amide bonds. The fraction of sp³-hybridized carbons (Fsp3) is 0.765. The molecule has 2 atom stereocenters. The summed E-state index contributed by atoms with van der Waals surface area (Å²) in [6.45, 7) is 14.3. The van der Waals surface area contributed by atoms with Gasteiger partial charge in [-0.15, -0.1) is 11.3 Å². The van der Waals surface area contributed by atoms with Crippen LogP contribution in [0.25, 0.3) is 0 Å². The van der Waals surface area contributed by atoms with Crippen LogP contribution >= 0.6 is 11.3 Å². The average Bonchev–Trinajstić information content (AvgIpc) is 2.92. The maximum absolute atomic E-state index is 5.84. The predicted molar refractivity (Wildman–Crippen MR) is 101 cm³/mol. The maximum Gasteiger partial charge on any atom is 0.191 e. The summed E-state index contributed by atoms with van der Waals surface area (Å²) >= 11 is 1.71. The summed E-state index contributed by atoms with van der Waals surface area (Å²) in [6, 6.07) is 0. The van der Waals surface area contributed by atoms with Crippen LogP contribution in [-0.4, -0.2) is 60.3 Å². The molecule has 2 N–H and O–H groups in total. The number of aryl methyl sites for hydroxylation is 1. The number of thiazole rings is 1. The Bertz CT molecular complexity index is 547. The first-order valence-corrected chi connectivity index (χ1v) is 9.38. The van der Waals surface area contributed by atoms with Crippen LogP contribution in [0.15, 0.2) is 11.2 Å². The second-order valence-electron chi connectivity index (χ2n) is 7.12. The molecule has 2 rings (SSSR count). The first-order chi connectivity index (χ1) is 11.3.